The molecule has 0 spiro atoms. The Hall–Kier alpha value is -2.08. The van der Waals surface area contributed by atoms with Crippen LogP contribution in [0.5, 0.6) is 0 Å². The lowest BCUT2D eigenvalue weighted by Gasteiger charge is -2.28. The van der Waals surface area contributed by atoms with Crippen molar-refractivity contribution in [3.8, 4) is 0 Å². The Morgan fingerprint density at radius 1 is 1.28 bits per heavy atom. The second kappa shape index (κ2) is 5.05. The monoisotopic (exact) mass is 244 g/mol. The standard InChI is InChI=1S/C12H16N6/c1-2-9(14-3-1)7-15-11-4-12(17-8-16-11)18-10-5-13-6-10/h1-4,8,10,13-14H,5-7H2,(H2,15,16,17,18). The largest absolute Gasteiger partial charge is 0.365 e. The van der Waals surface area contributed by atoms with E-state index in [9.17, 15) is 0 Å². The average Bonchev–Trinajstić information content (AvgIpc) is 2.85. The van der Waals surface area contributed by atoms with Crippen LogP contribution in [0.1, 0.15) is 5.69 Å². The van der Waals surface area contributed by atoms with E-state index in [1.54, 1.807) is 6.33 Å². The molecule has 4 N–H and O–H groups in total. The molecule has 6 heteroatoms. The molecule has 1 saturated heterocycles. The Labute approximate surface area is 105 Å². The maximum Gasteiger partial charge on any atom is 0.131 e. The van der Waals surface area contributed by atoms with Crippen molar-refractivity contribution in [2.24, 2.45) is 0 Å². The lowest BCUT2D eigenvalue weighted by Crippen LogP contribution is -2.51. The lowest BCUT2D eigenvalue weighted by atomic mass is 10.2. The summed E-state index contributed by atoms with van der Waals surface area (Å²) in [5.74, 6) is 1.69. The lowest BCUT2D eigenvalue weighted by molar-refractivity contribution is 0.471. The molecule has 3 rings (SSSR count). The number of hydrogen-bond donors (Lipinski definition) is 4. The summed E-state index contributed by atoms with van der Waals surface area (Å²) in [6.45, 7) is 2.72. The predicted octanol–water partition coefficient (Wildman–Crippen LogP) is 0.800. The number of hydrogen-bond acceptors (Lipinski definition) is 5. The van der Waals surface area contributed by atoms with Crippen molar-refractivity contribution in [3.05, 3.63) is 36.4 Å². The maximum atomic E-state index is 4.21. The molecule has 0 aromatic carbocycles. The van der Waals surface area contributed by atoms with E-state index in [0.29, 0.717) is 6.04 Å². The molecule has 94 valence electrons. The zero-order valence-corrected chi connectivity index (χ0v) is 9.98. The normalized spacial score (nSPS) is 15.1. The predicted molar refractivity (Wildman–Crippen MR) is 70.4 cm³/mol. The Kier molecular flexibility index (Phi) is 3.10. The molecule has 3 heterocycles. The molecule has 1 aliphatic rings. The van der Waals surface area contributed by atoms with Crippen molar-refractivity contribution in [3.63, 3.8) is 0 Å². The van der Waals surface area contributed by atoms with Gasteiger partial charge in [0.05, 0.1) is 12.6 Å². The van der Waals surface area contributed by atoms with Gasteiger partial charge in [-0.3, -0.25) is 0 Å². The van der Waals surface area contributed by atoms with Gasteiger partial charge < -0.3 is 20.9 Å². The molecule has 0 amide bonds. The molecule has 0 atom stereocenters. The third kappa shape index (κ3) is 2.60. The van der Waals surface area contributed by atoms with Crippen LogP contribution >= 0.6 is 0 Å². The fraction of sp³-hybridized carbons (Fsp3) is 0.333. The third-order valence-electron chi connectivity index (χ3n) is 2.92. The zero-order valence-electron chi connectivity index (χ0n) is 9.98. The smallest absolute Gasteiger partial charge is 0.131 e. The zero-order chi connectivity index (χ0) is 12.2. The minimum absolute atomic E-state index is 0.483. The number of rotatable bonds is 5. The summed E-state index contributed by atoms with van der Waals surface area (Å²) in [5, 5.41) is 9.82. The van der Waals surface area contributed by atoms with Crippen LogP contribution < -0.4 is 16.0 Å². The first-order chi connectivity index (χ1) is 8.90. The van der Waals surface area contributed by atoms with Crippen molar-refractivity contribution in [2.45, 2.75) is 12.6 Å². The van der Waals surface area contributed by atoms with Crippen LogP contribution in [0.2, 0.25) is 0 Å². The van der Waals surface area contributed by atoms with Crippen molar-refractivity contribution in [1.82, 2.24) is 20.3 Å². The first kappa shape index (κ1) is 11.0. The Balaban J connectivity index is 1.59. The van der Waals surface area contributed by atoms with Gasteiger partial charge in [0.1, 0.15) is 18.0 Å². The molecule has 0 radical (unpaired) electrons. The van der Waals surface area contributed by atoms with E-state index in [1.807, 2.05) is 24.4 Å². The molecule has 1 aliphatic heterocycles. The second-order valence-corrected chi connectivity index (χ2v) is 4.34. The van der Waals surface area contributed by atoms with Crippen LogP contribution in [0, 0.1) is 0 Å². The Bertz CT molecular complexity index is 491. The molecule has 6 nitrogen and oxygen atoms in total. The SMILES string of the molecule is c1c[nH]c(CNc2cc(NC3CNC3)ncn2)c1. The van der Waals surface area contributed by atoms with Crippen LogP contribution in [0.25, 0.3) is 0 Å². The molecule has 0 unspecified atom stereocenters. The molecule has 0 aliphatic carbocycles. The van der Waals surface area contributed by atoms with Gasteiger partial charge in [-0.2, -0.15) is 0 Å². The fourth-order valence-corrected chi connectivity index (χ4v) is 1.80. The summed E-state index contributed by atoms with van der Waals surface area (Å²) in [6.07, 6.45) is 3.49. The van der Waals surface area contributed by atoms with Crippen LogP contribution in [0.15, 0.2) is 30.7 Å². The van der Waals surface area contributed by atoms with Gasteiger partial charge in [-0.1, -0.05) is 0 Å². The van der Waals surface area contributed by atoms with Crippen LogP contribution in [0.3, 0.4) is 0 Å². The van der Waals surface area contributed by atoms with Crippen molar-refractivity contribution in [2.75, 3.05) is 23.7 Å². The number of nitrogens with zero attached hydrogens (tertiary/aromatic N) is 2. The molecule has 2 aromatic rings. The van der Waals surface area contributed by atoms with Gasteiger partial charge >= 0.3 is 0 Å². The highest BCUT2D eigenvalue weighted by molar-refractivity contribution is 5.47. The fourth-order valence-electron chi connectivity index (χ4n) is 1.80. The number of anilines is 2. The van der Waals surface area contributed by atoms with E-state index in [4.69, 9.17) is 0 Å². The van der Waals surface area contributed by atoms with E-state index in [-0.39, 0.29) is 0 Å². The van der Waals surface area contributed by atoms with Crippen LogP contribution in [0.4, 0.5) is 11.6 Å². The van der Waals surface area contributed by atoms with E-state index < -0.39 is 0 Å². The van der Waals surface area contributed by atoms with Crippen LogP contribution in [-0.2, 0) is 6.54 Å². The summed E-state index contributed by atoms with van der Waals surface area (Å²) in [7, 11) is 0. The van der Waals surface area contributed by atoms with Gasteiger partial charge in [0.2, 0.25) is 0 Å². The quantitative estimate of drug-likeness (QED) is 0.626. The average molecular weight is 244 g/mol. The summed E-state index contributed by atoms with van der Waals surface area (Å²) in [6, 6.07) is 6.43. The first-order valence-electron chi connectivity index (χ1n) is 6.05. The van der Waals surface area contributed by atoms with Gasteiger partial charge in [-0.25, -0.2) is 9.97 Å². The van der Waals surface area contributed by atoms with E-state index >= 15 is 0 Å². The highest BCUT2D eigenvalue weighted by atomic mass is 15.1. The van der Waals surface area contributed by atoms with Crippen LogP contribution in [-0.4, -0.2) is 34.1 Å². The molecule has 18 heavy (non-hydrogen) atoms. The van der Waals surface area contributed by atoms with Gasteiger partial charge in [0.15, 0.2) is 0 Å². The molecule has 0 saturated carbocycles. The van der Waals surface area contributed by atoms with E-state index in [1.165, 1.54) is 0 Å². The Morgan fingerprint density at radius 3 is 2.89 bits per heavy atom. The minimum Gasteiger partial charge on any atom is -0.365 e. The first-order valence-corrected chi connectivity index (χ1v) is 6.05. The van der Waals surface area contributed by atoms with Crippen molar-refractivity contribution >= 4 is 11.6 Å². The number of aromatic nitrogens is 3. The molecule has 2 aromatic heterocycles. The number of nitrogens with one attached hydrogen (secondary N) is 4. The summed E-state index contributed by atoms with van der Waals surface area (Å²) in [4.78, 5) is 11.5. The maximum absolute atomic E-state index is 4.21. The van der Waals surface area contributed by atoms with Gasteiger partial charge in [-0.05, 0) is 12.1 Å². The van der Waals surface area contributed by atoms with Crippen molar-refractivity contribution in [1.29, 1.82) is 0 Å². The van der Waals surface area contributed by atoms with E-state index in [2.05, 4.69) is 30.9 Å². The van der Waals surface area contributed by atoms with Gasteiger partial charge in [-0.15, -0.1) is 0 Å². The van der Waals surface area contributed by atoms with E-state index in [0.717, 1.165) is 37.0 Å². The summed E-state index contributed by atoms with van der Waals surface area (Å²) in [5.41, 5.74) is 1.13. The molecular formula is C12H16N6. The number of H-pyrrole nitrogens is 1. The Morgan fingerprint density at radius 2 is 2.17 bits per heavy atom. The highest BCUT2D eigenvalue weighted by Gasteiger charge is 2.16. The molecule has 1 fully saturated rings. The third-order valence-corrected chi connectivity index (χ3v) is 2.92. The van der Waals surface area contributed by atoms with Gasteiger partial charge in [0.25, 0.3) is 0 Å². The summed E-state index contributed by atoms with van der Waals surface area (Å²) < 4.78 is 0. The molecule has 0 bridgehead atoms. The minimum atomic E-state index is 0.483. The van der Waals surface area contributed by atoms with Gasteiger partial charge in [0, 0.05) is 31.0 Å². The van der Waals surface area contributed by atoms with Crippen molar-refractivity contribution < 1.29 is 0 Å². The topological polar surface area (TPSA) is 77.7 Å². The highest BCUT2D eigenvalue weighted by Crippen LogP contribution is 2.11. The number of aromatic amines is 1. The summed E-state index contributed by atoms with van der Waals surface area (Å²) >= 11 is 0. The molecular weight excluding hydrogens is 228 g/mol. The second-order valence-electron chi connectivity index (χ2n) is 4.34.